The molecule has 0 aromatic heterocycles. The van der Waals surface area contributed by atoms with Gasteiger partial charge >= 0.3 is 11.9 Å². The Balaban J connectivity index is 2.16. The van der Waals surface area contributed by atoms with Crippen molar-refractivity contribution in [2.45, 2.75) is 25.4 Å². The molecule has 29 heavy (non-hydrogen) atoms. The van der Waals surface area contributed by atoms with Crippen LogP contribution in [-0.4, -0.2) is 41.5 Å². The third-order valence-corrected chi connectivity index (χ3v) is 5.20. The molecule has 2 aromatic rings. The van der Waals surface area contributed by atoms with Gasteiger partial charge in [0.1, 0.15) is 6.04 Å². The molecule has 1 atom stereocenters. The zero-order chi connectivity index (χ0) is 21.2. The molecule has 8 heteroatoms. The van der Waals surface area contributed by atoms with E-state index in [1.807, 2.05) is 0 Å². The van der Waals surface area contributed by atoms with Crippen molar-refractivity contribution in [3.63, 3.8) is 0 Å². The molecule has 0 saturated carbocycles. The minimum atomic E-state index is -1.95. The first kappa shape index (κ1) is 21.1. The van der Waals surface area contributed by atoms with Gasteiger partial charge in [-0.3, -0.25) is 4.79 Å². The van der Waals surface area contributed by atoms with Gasteiger partial charge in [-0.2, -0.15) is 0 Å². The third kappa shape index (κ3) is 3.58. The van der Waals surface area contributed by atoms with E-state index in [1.54, 1.807) is 56.3 Å². The molecule has 6 nitrogen and oxygen atoms in total. The molecule has 3 rings (SSSR count). The number of amides is 1. The van der Waals surface area contributed by atoms with E-state index in [9.17, 15) is 14.4 Å². The number of benzene rings is 2. The van der Waals surface area contributed by atoms with Gasteiger partial charge in [-0.25, -0.2) is 9.59 Å². The van der Waals surface area contributed by atoms with E-state index in [4.69, 9.17) is 32.7 Å². The number of halogens is 2. The van der Waals surface area contributed by atoms with E-state index in [-0.39, 0.29) is 18.2 Å². The van der Waals surface area contributed by atoms with E-state index < -0.39 is 29.4 Å². The summed E-state index contributed by atoms with van der Waals surface area (Å²) in [6.07, 6.45) is 0. The summed E-state index contributed by atoms with van der Waals surface area (Å²) in [6, 6.07) is 12.0. The van der Waals surface area contributed by atoms with Crippen LogP contribution in [0.5, 0.6) is 0 Å². The van der Waals surface area contributed by atoms with Crippen LogP contribution in [-0.2, 0) is 19.1 Å². The molecule has 152 valence electrons. The van der Waals surface area contributed by atoms with E-state index >= 15 is 0 Å². The van der Waals surface area contributed by atoms with Crippen LogP contribution < -0.4 is 0 Å². The number of ether oxygens (including phenoxy) is 2. The van der Waals surface area contributed by atoms with E-state index in [2.05, 4.69) is 0 Å². The van der Waals surface area contributed by atoms with Crippen molar-refractivity contribution in [2.75, 3.05) is 13.2 Å². The number of esters is 2. The van der Waals surface area contributed by atoms with Crippen LogP contribution in [0.2, 0.25) is 10.0 Å². The Morgan fingerprint density at radius 2 is 1.55 bits per heavy atom. The first-order valence-electron chi connectivity index (χ1n) is 9.07. The minimum absolute atomic E-state index is 0.0361. The standard InChI is InChI=1S/C21H19Cl2NO5/c1-3-28-19(26)21(20(27)29-4-2)17(15-11-10-14(22)12-16(15)23)24(21)18(25)13-8-6-5-7-9-13/h5-12,17H,3-4H2,1-2H3. The number of carbonyl (C=O) groups is 3. The van der Waals surface area contributed by atoms with Crippen molar-refractivity contribution in [1.82, 2.24) is 4.90 Å². The summed E-state index contributed by atoms with van der Waals surface area (Å²) in [5.41, 5.74) is -1.23. The lowest BCUT2D eigenvalue weighted by Crippen LogP contribution is -2.43. The van der Waals surface area contributed by atoms with Gasteiger partial charge in [0, 0.05) is 15.6 Å². The van der Waals surface area contributed by atoms with Crippen molar-refractivity contribution < 1.29 is 23.9 Å². The predicted octanol–water partition coefficient (Wildman–Crippen LogP) is 4.06. The van der Waals surface area contributed by atoms with Crippen LogP contribution in [0.25, 0.3) is 0 Å². The average Bonchev–Trinajstić information content (AvgIpc) is 3.39. The number of hydrogen-bond acceptors (Lipinski definition) is 5. The molecule has 1 amide bonds. The molecule has 0 aliphatic carbocycles. The highest BCUT2D eigenvalue weighted by Crippen LogP contribution is 2.57. The maximum absolute atomic E-state index is 13.2. The Bertz CT molecular complexity index is 929. The molecule has 0 bridgehead atoms. The quantitative estimate of drug-likeness (QED) is 0.388. The maximum atomic E-state index is 13.2. The highest BCUT2D eigenvalue weighted by molar-refractivity contribution is 6.35. The molecule has 1 unspecified atom stereocenters. The third-order valence-electron chi connectivity index (χ3n) is 4.64. The highest BCUT2D eigenvalue weighted by atomic mass is 35.5. The summed E-state index contributed by atoms with van der Waals surface area (Å²) in [5, 5.41) is 0.613. The normalized spacial score (nSPS) is 16.8. The summed E-state index contributed by atoms with van der Waals surface area (Å²) in [7, 11) is 0. The molecular formula is C21H19Cl2NO5. The fourth-order valence-corrected chi connectivity index (χ4v) is 3.87. The van der Waals surface area contributed by atoms with Gasteiger partial charge in [0.2, 0.25) is 0 Å². The second-order valence-electron chi connectivity index (χ2n) is 6.32. The lowest BCUT2D eigenvalue weighted by Gasteiger charge is -2.14. The topological polar surface area (TPSA) is 72.7 Å². The van der Waals surface area contributed by atoms with Gasteiger partial charge in [-0.1, -0.05) is 47.5 Å². The number of rotatable bonds is 6. The fraction of sp³-hybridized carbons (Fsp3) is 0.286. The number of carbonyl (C=O) groups excluding carboxylic acids is 3. The molecule has 2 aromatic carbocycles. The molecule has 1 aliphatic rings. The summed E-state index contributed by atoms with van der Waals surface area (Å²) in [6.45, 7) is 3.31. The van der Waals surface area contributed by atoms with Crippen molar-refractivity contribution in [3.05, 3.63) is 69.7 Å². The first-order valence-corrected chi connectivity index (χ1v) is 9.83. The second kappa shape index (κ2) is 8.43. The van der Waals surface area contributed by atoms with E-state index in [0.29, 0.717) is 16.1 Å². The van der Waals surface area contributed by atoms with Crippen LogP contribution in [0.15, 0.2) is 48.5 Å². The number of nitrogens with zero attached hydrogens (tertiary/aromatic N) is 1. The smallest absolute Gasteiger partial charge is 0.346 e. The van der Waals surface area contributed by atoms with Crippen LogP contribution in [0.3, 0.4) is 0 Å². The second-order valence-corrected chi connectivity index (χ2v) is 7.16. The van der Waals surface area contributed by atoms with E-state index in [0.717, 1.165) is 4.90 Å². The van der Waals surface area contributed by atoms with Crippen LogP contribution in [0, 0.1) is 0 Å². The molecule has 0 N–H and O–H groups in total. The van der Waals surface area contributed by atoms with Gasteiger partial charge in [0.05, 0.1) is 13.2 Å². The summed E-state index contributed by atoms with van der Waals surface area (Å²) in [5.74, 6) is -2.24. The molecule has 0 radical (unpaired) electrons. The summed E-state index contributed by atoms with van der Waals surface area (Å²) < 4.78 is 10.3. The van der Waals surface area contributed by atoms with Gasteiger partial charge in [0.15, 0.2) is 0 Å². The zero-order valence-electron chi connectivity index (χ0n) is 15.9. The van der Waals surface area contributed by atoms with Crippen molar-refractivity contribution in [2.24, 2.45) is 0 Å². The van der Waals surface area contributed by atoms with Crippen LogP contribution in [0.1, 0.15) is 35.8 Å². The predicted molar refractivity (Wildman–Crippen MR) is 108 cm³/mol. The Morgan fingerprint density at radius 1 is 0.966 bits per heavy atom. The van der Waals surface area contributed by atoms with Crippen LogP contribution in [0.4, 0.5) is 0 Å². The van der Waals surface area contributed by atoms with Gasteiger partial charge in [-0.05, 0) is 43.7 Å². The van der Waals surface area contributed by atoms with Gasteiger partial charge in [0.25, 0.3) is 11.4 Å². The molecule has 1 fully saturated rings. The Morgan fingerprint density at radius 3 is 2.07 bits per heavy atom. The lowest BCUT2D eigenvalue weighted by atomic mass is 9.99. The largest absolute Gasteiger partial charge is 0.464 e. The Hall–Kier alpha value is -2.57. The molecule has 1 saturated heterocycles. The van der Waals surface area contributed by atoms with Crippen molar-refractivity contribution >= 4 is 41.0 Å². The Kier molecular flexibility index (Phi) is 6.15. The SMILES string of the molecule is CCOC(=O)C1(C(=O)OCC)C(c2ccc(Cl)cc2Cl)N1C(=O)c1ccccc1. The van der Waals surface area contributed by atoms with Crippen molar-refractivity contribution in [3.8, 4) is 0 Å². The molecule has 1 aliphatic heterocycles. The molecule has 0 spiro atoms. The minimum Gasteiger partial charge on any atom is -0.464 e. The number of hydrogen-bond donors (Lipinski definition) is 0. The molecular weight excluding hydrogens is 417 g/mol. The summed E-state index contributed by atoms with van der Waals surface area (Å²) in [4.78, 5) is 40.3. The van der Waals surface area contributed by atoms with Gasteiger partial charge in [-0.15, -0.1) is 0 Å². The highest BCUT2D eigenvalue weighted by Gasteiger charge is 2.78. The van der Waals surface area contributed by atoms with Crippen molar-refractivity contribution in [1.29, 1.82) is 0 Å². The lowest BCUT2D eigenvalue weighted by molar-refractivity contribution is -0.160. The van der Waals surface area contributed by atoms with Gasteiger partial charge < -0.3 is 14.4 Å². The maximum Gasteiger partial charge on any atom is 0.346 e. The fourth-order valence-electron chi connectivity index (χ4n) is 3.36. The summed E-state index contributed by atoms with van der Waals surface area (Å²) >= 11 is 12.3. The first-order chi connectivity index (χ1) is 13.9. The van der Waals surface area contributed by atoms with Crippen LogP contribution >= 0.6 is 23.2 Å². The van der Waals surface area contributed by atoms with E-state index in [1.165, 1.54) is 6.07 Å². The molecule has 1 heterocycles. The zero-order valence-corrected chi connectivity index (χ0v) is 17.4. The average molecular weight is 436 g/mol. The Labute approximate surface area is 178 Å². The monoisotopic (exact) mass is 435 g/mol.